The third-order valence-electron chi connectivity index (χ3n) is 4.42. The second-order valence-corrected chi connectivity index (χ2v) is 8.38. The number of unbranched alkanes of at least 4 members (excludes halogenated alkanes) is 2. The molecule has 0 saturated carbocycles. The molecule has 144 valence electrons. The molecular formula is C20H28O5S. The number of carbonyl (C=O) groups is 1. The van der Waals surface area contributed by atoms with E-state index in [2.05, 4.69) is 6.08 Å². The average Bonchev–Trinajstić information content (AvgIpc) is 2.58. The minimum Gasteiger partial charge on any atom is -0.458 e. The Morgan fingerprint density at radius 2 is 1.88 bits per heavy atom. The molecule has 5 nitrogen and oxygen atoms in total. The number of hydrogen-bond donors (Lipinski definition) is 0. The van der Waals surface area contributed by atoms with Crippen LogP contribution in [0.15, 0.2) is 40.8 Å². The number of benzene rings is 1. The number of carbonyl (C=O) groups excluding carboxylic acids is 1. The molecule has 0 bridgehead atoms. The van der Waals surface area contributed by atoms with E-state index in [9.17, 15) is 13.2 Å². The second kappa shape index (κ2) is 9.88. The molecule has 1 atom stereocenters. The topological polar surface area (TPSA) is 69.7 Å². The fourth-order valence-electron chi connectivity index (χ4n) is 3.05. The quantitative estimate of drug-likeness (QED) is 0.276. The van der Waals surface area contributed by atoms with Gasteiger partial charge in [-0.25, -0.2) is 0 Å². The van der Waals surface area contributed by atoms with Gasteiger partial charge in [0.2, 0.25) is 0 Å². The number of allylic oxidation sites excluding steroid dienone is 1. The Balaban J connectivity index is 1.67. The van der Waals surface area contributed by atoms with Gasteiger partial charge in [-0.1, -0.05) is 29.7 Å². The largest absolute Gasteiger partial charge is 0.458 e. The molecule has 0 aromatic heterocycles. The Morgan fingerprint density at radius 1 is 1.15 bits per heavy atom. The number of aryl methyl sites for hydroxylation is 1. The predicted octanol–water partition coefficient (Wildman–Crippen LogP) is 4.30. The van der Waals surface area contributed by atoms with E-state index in [0.717, 1.165) is 44.1 Å². The van der Waals surface area contributed by atoms with Crippen LogP contribution in [-0.4, -0.2) is 27.1 Å². The number of esters is 1. The van der Waals surface area contributed by atoms with Crippen LogP contribution in [0.2, 0.25) is 0 Å². The summed E-state index contributed by atoms with van der Waals surface area (Å²) in [7, 11) is -3.66. The smallest absolute Gasteiger partial charge is 0.303 e. The number of hydrogen-bond acceptors (Lipinski definition) is 5. The van der Waals surface area contributed by atoms with Crippen LogP contribution in [0.5, 0.6) is 0 Å². The summed E-state index contributed by atoms with van der Waals surface area (Å²) >= 11 is 0. The molecule has 0 fully saturated rings. The maximum Gasteiger partial charge on any atom is 0.303 e. The summed E-state index contributed by atoms with van der Waals surface area (Å²) < 4.78 is 34.5. The molecule has 0 saturated heterocycles. The van der Waals surface area contributed by atoms with E-state index in [1.807, 2.05) is 6.92 Å². The van der Waals surface area contributed by atoms with E-state index < -0.39 is 10.1 Å². The van der Waals surface area contributed by atoms with Crippen LogP contribution >= 0.6 is 0 Å². The van der Waals surface area contributed by atoms with Crippen molar-refractivity contribution in [1.82, 2.24) is 0 Å². The molecule has 0 N–H and O–H groups in total. The van der Waals surface area contributed by atoms with Gasteiger partial charge < -0.3 is 4.74 Å². The van der Waals surface area contributed by atoms with Crippen molar-refractivity contribution in [3.63, 3.8) is 0 Å². The van der Waals surface area contributed by atoms with Crippen LogP contribution in [0, 0.1) is 6.92 Å². The lowest BCUT2D eigenvalue weighted by Gasteiger charge is -2.20. The van der Waals surface area contributed by atoms with Crippen LogP contribution in [-0.2, 0) is 23.8 Å². The zero-order valence-electron chi connectivity index (χ0n) is 15.6. The van der Waals surface area contributed by atoms with E-state index in [4.69, 9.17) is 8.92 Å². The molecule has 26 heavy (non-hydrogen) atoms. The van der Waals surface area contributed by atoms with Gasteiger partial charge in [0.05, 0.1) is 11.5 Å². The summed E-state index contributed by atoms with van der Waals surface area (Å²) in [6.07, 6.45) is 8.52. The maximum absolute atomic E-state index is 12.1. The molecule has 1 aliphatic rings. The average molecular weight is 381 g/mol. The highest BCUT2D eigenvalue weighted by Crippen LogP contribution is 2.24. The lowest BCUT2D eigenvalue weighted by Crippen LogP contribution is -2.17. The molecule has 0 radical (unpaired) electrons. The second-order valence-electron chi connectivity index (χ2n) is 6.76. The van der Waals surface area contributed by atoms with Gasteiger partial charge in [-0.05, 0) is 63.7 Å². The first-order valence-electron chi connectivity index (χ1n) is 9.20. The Hall–Kier alpha value is -1.66. The lowest BCUT2D eigenvalue weighted by molar-refractivity contribution is -0.144. The Morgan fingerprint density at radius 3 is 2.58 bits per heavy atom. The van der Waals surface area contributed by atoms with Crippen LogP contribution in [0.1, 0.15) is 57.4 Å². The van der Waals surface area contributed by atoms with Crippen LogP contribution in [0.4, 0.5) is 0 Å². The Kier molecular flexibility index (Phi) is 7.85. The van der Waals surface area contributed by atoms with Crippen LogP contribution in [0.25, 0.3) is 0 Å². The first-order valence-corrected chi connectivity index (χ1v) is 10.6. The highest BCUT2D eigenvalue weighted by atomic mass is 32.2. The summed E-state index contributed by atoms with van der Waals surface area (Å²) in [5, 5.41) is 0. The minimum atomic E-state index is -3.66. The number of rotatable bonds is 9. The van der Waals surface area contributed by atoms with E-state index in [0.29, 0.717) is 6.42 Å². The zero-order chi connectivity index (χ0) is 19.0. The third kappa shape index (κ3) is 6.92. The van der Waals surface area contributed by atoms with E-state index >= 15 is 0 Å². The summed E-state index contributed by atoms with van der Waals surface area (Å²) in [6, 6.07) is 6.66. The van der Waals surface area contributed by atoms with Crippen molar-refractivity contribution >= 4 is 16.1 Å². The number of ether oxygens (including phenoxy) is 1. The first kappa shape index (κ1) is 20.6. The normalized spacial score (nSPS) is 17.6. The molecular weight excluding hydrogens is 352 g/mol. The van der Waals surface area contributed by atoms with E-state index in [1.165, 1.54) is 12.5 Å². The molecule has 6 heteroatoms. The van der Waals surface area contributed by atoms with Crippen LogP contribution < -0.4 is 0 Å². The van der Waals surface area contributed by atoms with Crippen molar-refractivity contribution in [2.45, 2.75) is 69.8 Å². The van der Waals surface area contributed by atoms with Crippen molar-refractivity contribution in [3.05, 3.63) is 41.5 Å². The van der Waals surface area contributed by atoms with Gasteiger partial charge in [-0.2, -0.15) is 8.42 Å². The Bertz CT molecular complexity index is 719. The first-order chi connectivity index (χ1) is 12.4. The summed E-state index contributed by atoms with van der Waals surface area (Å²) in [5.74, 6) is -0.237. The highest BCUT2D eigenvalue weighted by Gasteiger charge is 2.16. The molecule has 1 aliphatic carbocycles. The van der Waals surface area contributed by atoms with Gasteiger partial charge in [0.1, 0.15) is 6.10 Å². The fourth-order valence-corrected chi connectivity index (χ4v) is 3.99. The van der Waals surface area contributed by atoms with Crippen molar-refractivity contribution in [1.29, 1.82) is 0 Å². The monoisotopic (exact) mass is 380 g/mol. The van der Waals surface area contributed by atoms with Gasteiger partial charge in [0.15, 0.2) is 0 Å². The molecule has 2 rings (SSSR count). The summed E-state index contributed by atoms with van der Waals surface area (Å²) in [4.78, 5) is 11.2. The Labute approximate surface area is 156 Å². The van der Waals surface area contributed by atoms with Gasteiger partial charge in [-0.15, -0.1) is 0 Å². The molecule has 1 aromatic carbocycles. The predicted molar refractivity (Wildman–Crippen MR) is 100 cm³/mol. The molecule has 1 unspecified atom stereocenters. The fraction of sp³-hybridized carbons (Fsp3) is 0.550. The van der Waals surface area contributed by atoms with Crippen LogP contribution in [0.3, 0.4) is 0 Å². The molecule has 1 aromatic rings. The van der Waals surface area contributed by atoms with Gasteiger partial charge in [0, 0.05) is 6.92 Å². The molecule has 0 amide bonds. The standard InChI is InChI=1S/C20H28O5S/c1-16-10-12-20(13-11-16)26(22,23)24-14-5-3-4-7-18-8-6-9-19(15-18)25-17(2)21/h10-13,15,19H,3-9,14H2,1-2H3. The van der Waals surface area contributed by atoms with E-state index in [1.54, 1.807) is 24.3 Å². The molecule has 0 spiro atoms. The minimum absolute atomic E-state index is 0.0840. The van der Waals surface area contributed by atoms with Gasteiger partial charge in [0.25, 0.3) is 10.1 Å². The van der Waals surface area contributed by atoms with Crippen molar-refractivity contribution in [2.24, 2.45) is 0 Å². The van der Waals surface area contributed by atoms with E-state index in [-0.39, 0.29) is 23.6 Å². The summed E-state index contributed by atoms with van der Waals surface area (Å²) in [5.41, 5.74) is 2.34. The molecule has 0 heterocycles. The van der Waals surface area contributed by atoms with Crippen molar-refractivity contribution < 1.29 is 22.1 Å². The summed E-state index contributed by atoms with van der Waals surface area (Å²) in [6.45, 7) is 3.55. The maximum atomic E-state index is 12.1. The lowest BCUT2D eigenvalue weighted by atomic mass is 9.93. The SMILES string of the molecule is CC(=O)OC1C=C(CCCCCOS(=O)(=O)c2ccc(C)cc2)CCC1. The van der Waals surface area contributed by atoms with Crippen molar-refractivity contribution in [3.8, 4) is 0 Å². The highest BCUT2D eigenvalue weighted by molar-refractivity contribution is 7.86. The third-order valence-corrected chi connectivity index (χ3v) is 5.74. The van der Waals surface area contributed by atoms with Crippen molar-refractivity contribution in [2.75, 3.05) is 6.61 Å². The molecule has 0 aliphatic heterocycles. The zero-order valence-corrected chi connectivity index (χ0v) is 16.4. The van der Waals surface area contributed by atoms with Gasteiger partial charge >= 0.3 is 5.97 Å². The van der Waals surface area contributed by atoms with Gasteiger partial charge in [-0.3, -0.25) is 8.98 Å².